The SMILES string of the molecule is CC1CCN(C2C3CN([C@@H]4CCN(C)C4)CC32)CC1. The van der Waals surface area contributed by atoms with Crippen LogP contribution < -0.4 is 0 Å². The molecule has 0 aromatic heterocycles. The van der Waals surface area contributed by atoms with Gasteiger partial charge in [0.1, 0.15) is 0 Å². The maximum absolute atomic E-state index is 2.83. The molecule has 19 heavy (non-hydrogen) atoms. The molecular formula is C16H29N3. The summed E-state index contributed by atoms with van der Waals surface area (Å²) < 4.78 is 0. The van der Waals surface area contributed by atoms with E-state index in [0.29, 0.717) is 0 Å². The van der Waals surface area contributed by atoms with Gasteiger partial charge in [-0.25, -0.2) is 0 Å². The smallest absolute Gasteiger partial charge is 0.0235 e. The van der Waals surface area contributed by atoms with E-state index in [4.69, 9.17) is 0 Å². The Hall–Kier alpha value is -0.120. The van der Waals surface area contributed by atoms with Crippen LogP contribution in [-0.2, 0) is 0 Å². The lowest BCUT2D eigenvalue weighted by molar-refractivity contribution is 0.137. The number of likely N-dealkylation sites (N-methyl/N-ethyl adjacent to an activating group) is 1. The van der Waals surface area contributed by atoms with Crippen molar-refractivity contribution in [3.05, 3.63) is 0 Å². The zero-order valence-electron chi connectivity index (χ0n) is 12.6. The predicted molar refractivity (Wildman–Crippen MR) is 78.2 cm³/mol. The minimum absolute atomic E-state index is 0.875. The second-order valence-electron chi connectivity index (χ2n) is 7.70. The Morgan fingerprint density at radius 1 is 0.789 bits per heavy atom. The van der Waals surface area contributed by atoms with Gasteiger partial charge in [-0.1, -0.05) is 6.92 Å². The molecule has 1 aliphatic carbocycles. The Kier molecular flexibility index (Phi) is 3.13. The monoisotopic (exact) mass is 263 g/mol. The van der Waals surface area contributed by atoms with Crippen molar-refractivity contribution in [2.45, 2.75) is 38.3 Å². The molecule has 108 valence electrons. The highest BCUT2D eigenvalue weighted by Gasteiger charge is 2.59. The van der Waals surface area contributed by atoms with Crippen LogP contribution >= 0.6 is 0 Å². The number of piperidine rings is 2. The van der Waals surface area contributed by atoms with Crippen molar-refractivity contribution in [3.8, 4) is 0 Å². The van der Waals surface area contributed by atoms with Crippen molar-refractivity contribution in [1.29, 1.82) is 0 Å². The third kappa shape index (κ3) is 2.24. The lowest BCUT2D eigenvalue weighted by Crippen LogP contribution is -2.42. The highest BCUT2D eigenvalue weighted by atomic mass is 15.3. The van der Waals surface area contributed by atoms with Crippen LogP contribution in [0.5, 0.6) is 0 Å². The highest BCUT2D eigenvalue weighted by molar-refractivity contribution is 5.12. The minimum atomic E-state index is 0.875. The summed E-state index contributed by atoms with van der Waals surface area (Å²) in [6.07, 6.45) is 4.28. The van der Waals surface area contributed by atoms with Crippen LogP contribution in [0.1, 0.15) is 26.2 Å². The van der Waals surface area contributed by atoms with E-state index < -0.39 is 0 Å². The van der Waals surface area contributed by atoms with Crippen molar-refractivity contribution < 1.29 is 0 Å². The molecule has 3 atom stereocenters. The molecule has 4 fully saturated rings. The molecule has 0 aromatic carbocycles. The summed E-state index contributed by atoms with van der Waals surface area (Å²) in [5, 5.41) is 0. The number of likely N-dealkylation sites (tertiary alicyclic amines) is 3. The van der Waals surface area contributed by atoms with Gasteiger partial charge in [-0.3, -0.25) is 9.80 Å². The van der Waals surface area contributed by atoms with Gasteiger partial charge in [0.05, 0.1) is 0 Å². The third-order valence-electron chi connectivity index (χ3n) is 6.30. The van der Waals surface area contributed by atoms with Gasteiger partial charge in [-0.15, -0.1) is 0 Å². The average Bonchev–Trinajstić information content (AvgIpc) is 2.80. The zero-order chi connectivity index (χ0) is 13.0. The molecule has 2 unspecified atom stereocenters. The molecule has 4 rings (SSSR count). The number of rotatable bonds is 2. The molecule has 0 aromatic rings. The van der Waals surface area contributed by atoms with Crippen LogP contribution in [0.4, 0.5) is 0 Å². The molecule has 3 nitrogen and oxygen atoms in total. The maximum atomic E-state index is 2.83. The fourth-order valence-corrected chi connectivity index (χ4v) is 4.90. The van der Waals surface area contributed by atoms with E-state index in [1.807, 2.05) is 0 Å². The molecule has 3 heteroatoms. The molecule has 0 bridgehead atoms. The van der Waals surface area contributed by atoms with Crippen molar-refractivity contribution >= 4 is 0 Å². The Bertz CT molecular complexity index is 325. The van der Waals surface area contributed by atoms with Gasteiger partial charge in [-0.2, -0.15) is 0 Å². The van der Waals surface area contributed by atoms with Gasteiger partial charge in [0.25, 0.3) is 0 Å². The average molecular weight is 263 g/mol. The molecule has 3 heterocycles. The van der Waals surface area contributed by atoms with Gasteiger partial charge in [0.2, 0.25) is 0 Å². The molecular weight excluding hydrogens is 234 g/mol. The molecule has 3 aliphatic heterocycles. The number of fused-ring (bicyclic) bond motifs is 1. The van der Waals surface area contributed by atoms with E-state index in [9.17, 15) is 0 Å². The number of nitrogens with zero attached hydrogens (tertiary/aromatic N) is 3. The second kappa shape index (κ2) is 4.71. The molecule has 3 saturated heterocycles. The summed E-state index contributed by atoms with van der Waals surface area (Å²) in [6, 6.07) is 1.85. The van der Waals surface area contributed by atoms with Crippen molar-refractivity contribution in [2.75, 3.05) is 46.3 Å². The largest absolute Gasteiger partial charge is 0.305 e. The summed E-state index contributed by atoms with van der Waals surface area (Å²) >= 11 is 0. The molecule has 0 amide bonds. The van der Waals surface area contributed by atoms with Gasteiger partial charge in [0.15, 0.2) is 0 Å². The fourth-order valence-electron chi connectivity index (χ4n) is 4.90. The number of hydrogen-bond donors (Lipinski definition) is 0. The van der Waals surface area contributed by atoms with E-state index in [2.05, 4.69) is 28.7 Å². The summed E-state index contributed by atoms with van der Waals surface area (Å²) in [4.78, 5) is 8.13. The first-order chi connectivity index (χ1) is 9.22. The summed E-state index contributed by atoms with van der Waals surface area (Å²) in [5.41, 5.74) is 0. The Balaban J connectivity index is 1.29. The summed E-state index contributed by atoms with van der Waals surface area (Å²) in [5.74, 6) is 3.03. The topological polar surface area (TPSA) is 9.72 Å². The summed E-state index contributed by atoms with van der Waals surface area (Å²) in [7, 11) is 2.27. The quantitative estimate of drug-likeness (QED) is 0.745. The third-order valence-corrected chi connectivity index (χ3v) is 6.30. The minimum Gasteiger partial charge on any atom is -0.305 e. The zero-order valence-corrected chi connectivity index (χ0v) is 12.6. The Labute approximate surface area is 117 Å². The van der Waals surface area contributed by atoms with Crippen molar-refractivity contribution in [1.82, 2.24) is 14.7 Å². The fraction of sp³-hybridized carbons (Fsp3) is 1.00. The maximum Gasteiger partial charge on any atom is 0.0235 e. The molecule has 0 spiro atoms. The normalized spacial score (nSPS) is 45.8. The highest BCUT2D eigenvalue weighted by Crippen LogP contribution is 2.50. The first kappa shape index (κ1) is 12.6. The van der Waals surface area contributed by atoms with Crippen LogP contribution in [0.3, 0.4) is 0 Å². The Morgan fingerprint density at radius 3 is 2.05 bits per heavy atom. The lowest BCUT2D eigenvalue weighted by atomic mass is 9.99. The van der Waals surface area contributed by atoms with Gasteiger partial charge >= 0.3 is 0 Å². The molecule has 1 saturated carbocycles. The number of hydrogen-bond acceptors (Lipinski definition) is 3. The lowest BCUT2D eigenvalue weighted by Gasteiger charge is -2.34. The van der Waals surface area contributed by atoms with Crippen LogP contribution in [0.25, 0.3) is 0 Å². The van der Waals surface area contributed by atoms with Gasteiger partial charge in [-0.05, 0) is 63.7 Å². The standard InChI is InChI=1S/C16H29N3/c1-12-3-7-18(8-4-12)16-14-10-19(11-15(14)16)13-5-6-17(2)9-13/h12-16H,3-11H2,1-2H3/t13-,14?,15?,16?/m1/s1. The van der Waals surface area contributed by atoms with Crippen molar-refractivity contribution in [2.24, 2.45) is 17.8 Å². The van der Waals surface area contributed by atoms with Crippen LogP contribution in [-0.4, -0.2) is 73.1 Å². The van der Waals surface area contributed by atoms with E-state index >= 15 is 0 Å². The second-order valence-corrected chi connectivity index (χ2v) is 7.70. The first-order valence-corrected chi connectivity index (χ1v) is 8.39. The van der Waals surface area contributed by atoms with Gasteiger partial charge < -0.3 is 4.90 Å². The summed E-state index contributed by atoms with van der Waals surface area (Å²) in [6.45, 7) is 10.6. The van der Waals surface area contributed by atoms with E-state index in [-0.39, 0.29) is 0 Å². The van der Waals surface area contributed by atoms with Crippen molar-refractivity contribution in [3.63, 3.8) is 0 Å². The van der Waals surface area contributed by atoms with Gasteiger partial charge in [0, 0.05) is 31.7 Å². The van der Waals surface area contributed by atoms with Crippen LogP contribution in [0.15, 0.2) is 0 Å². The van der Waals surface area contributed by atoms with E-state index in [1.165, 1.54) is 58.5 Å². The first-order valence-electron chi connectivity index (χ1n) is 8.39. The molecule has 0 radical (unpaired) electrons. The van der Waals surface area contributed by atoms with E-state index in [1.54, 1.807) is 0 Å². The molecule has 0 N–H and O–H groups in total. The molecule has 4 aliphatic rings. The van der Waals surface area contributed by atoms with Crippen LogP contribution in [0.2, 0.25) is 0 Å². The van der Waals surface area contributed by atoms with E-state index in [0.717, 1.165) is 29.8 Å². The Morgan fingerprint density at radius 2 is 1.47 bits per heavy atom. The van der Waals surface area contributed by atoms with Crippen LogP contribution in [0, 0.1) is 17.8 Å². The predicted octanol–water partition coefficient (Wildman–Crippen LogP) is 1.35.